The Balaban J connectivity index is 2.83. The van der Waals surface area contributed by atoms with E-state index in [0.29, 0.717) is 11.6 Å². The first-order chi connectivity index (χ1) is 6.52. The Hall–Kier alpha value is -0.970. The molecule has 0 saturated carbocycles. The van der Waals surface area contributed by atoms with Gasteiger partial charge in [0, 0.05) is 12.7 Å². The summed E-state index contributed by atoms with van der Waals surface area (Å²) in [5.41, 5.74) is 0.809. The van der Waals surface area contributed by atoms with Gasteiger partial charge in [-0.2, -0.15) is 0 Å². The highest BCUT2D eigenvalue weighted by atomic mass is 79.9. The van der Waals surface area contributed by atoms with Crippen LogP contribution in [0.1, 0.15) is 24.3 Å². The second-order valence-corrected chi connectivity index (χ2v) is 4.32. The molecule has 0 aromatic carbocycles. The molecule has 78 valence electrons. The standard InChI is InChI=1S/C9H13BrN2O2/c1-5(2)3-11-7-6(10)4-12-8(7)9(13)14/h4-5,11-12H,3H2,1-2H3,(H,13,14). The van der Waals surface area contributed by atoms with Crippen LogP contribution in [-0.2, 0) is 0 Å². The minimum Gasteiger partial charge on any atom is -0.477 e. The van der Waals surface area contributed by atoms with Gasteiger partial charge in [-0.05, 0) is 21.8 Å². The van der Waals surface area contributed by atoms with E-state index in [1.165, 1.54) is 0 Å². The summed E-state index contributed by atoms with van der Waals surface area (Å²) < 4.78 is 0.746. The monoisotopic (exact) mass is 260 g/mol. The number of H-pyrrole nitrogens is 1. The fourth-order valence-electron chi connectivity index (χ4n) is 1.05. The van der Waals surface area contributed by atoms with Gasteiger partial charge in [-0.15, -0.1) is 0 Å². The molecule has 0 saturated heterocycles. The van der Waals surface area contributed by atoms with E-state index in [-0.39, 0.29) is 5.69 Å². The molecule has 0 amide bonds. The SMILES string of the molecule is CC(C)CNc1c(Br)c[nH]c1C(=O)O. The molecule has 14 heavy (non-hydrogen) atoms. The van der Waals surface area contributed by atoms with Gasteiger partial charge in [0.15, 0.2) is 0 Å². The maximum absolute atomic E-state index is 10.8. The molecule has 0 atom stereocenters. The van der Waals surface area contributed by atoms with Gasteiger partial charge >= 0.3 is 5.97 Å². The van der Waals surface area contributed by atoms with E-state index in [9.17, 15) is 4.79 Å². The lowest BCUT2D eigenvalue weighted by Crippen LogP contribution is -2.11. The first kappa shape index (κ1) is 11.1. The molecule has 1 aromatic heterocycles. The summed E-state index contributed by atoms with van der Waals surface area (Å²) in [5, 5.41) is 11.9. The molecule has 0 radical (unpaired) electrons. The summed E-state index contributed by atoms with van der Waals surface area (Å²) in [6, 6.07) is 0. The lowest BCUT2D eigenvalue weighted by Gasteiger charge is -2.08. The highest BCUT2D eigenvalue weighted by molar-refractivity contribution is 9.10. The molecule has 4 nitrogen and oxygen atoms in total. The summed E-state index contributed by atoms with van der Waals surface area (Å²) in [4.78, 5) is 13.5. The molecule has 1 rings (SSSR count). The molecule has 0 unspecified atom stereocenters. The predicted molar refractivity (Wildman–Crippen MR) is 58.8 cm³/mol. The van der Waals surface area contributed by atoms with E-state index < -0.39 is 5.97 Å². The number of carboxylic acids is 1. The van der Waals surface area contributed by atoms with Gasteiger partial charge in [0.1, 0.15) is 5.69 Å². The van der Waals surface area contributed by atoms with Crippen molar-refractivity contribution in [2.45, 2.75) is 13.8 Å². The molecule has 3 N–H and O–H groups in total. The van der Waals surface area contributed by atoms with Crippen LogP contribution in [0.3, 0.4) is 0 Å². The lowest BCUT2D eigenvalue weighted by molar-refractivity contribution is 0.0692. The van der Waals surface area contributed by atoms with Crippen LogP contribution in [0.4, 0.5) is 5.69 Å². The minimum atomic E-state index is -0.957. The van der Waals surface area contributed by atoms with Crippen molar-refractivity contribution >= 4 is 27.6 Å². The number of aromatic nitrogens is 1. The van der Waals surface area contributed by atoms with Crippen molar-refractivity contribution < 1.29 is 9.90 Å². The molecular weight excluding hydrogens is 248 g/mol. The van der Waals surface area contributed by atoms with Crippen LogP contribution < -0.4 is 5.32 Å². The van der Waals surface area contributed by atoms with E-state index in [1.807, 2.05) is 0 Å². The van der Waals surface area contributed by atoms with Crippen molar-refractivity contribution in [3.8, 4) is 0 Å². The van der Waals surface area contributed by atoms with Crippen molar-refractivity contribution in [3.05, 3.63) is 16.4 Å². The number of hydrogen-bond acceptors (Lipinski definition) is 2. The van der Waals surface area contributed by atoms with E-state index in [4.69, 9.17) is 5.11 Å². The fraction of sp³-hybridized carbons (Fsp3) is 0.444. The molecular formula is C9H13BrN2O2. The number of hydrogen-bond donors (Lipinski definition) is 3. The highest BCUT2D eigenvalue weighted by Gasteiger charge is 2.14. The van der Waals surface area contributed by atoms with Crippen molar-refractivity contribution in [3.63, 3.8) is 0 Å². The van der Waals surface area contributed by atoms with Crippen LogP contribution in [0.25, 0.3) is 0 Å². The highest BCUT2D eigenvalue weighted by Crippen LogP contribution is 2.26. The third-order valence-electron chi connectivity index (χ3n) is 1.73. The van der Waals surface area contributed by atoms with Crippen LogP contribution in [0, 0.1) is 5.92 Å². The largest absolute Gasteiger partial charge is 0.477 e. The Morgan fingerprint density at radius 2 is 2.36 bits per heavy atom. The second kappa shape index (κ2) is 4.50. The molecule has 5 heteroatoms. The van der Waals surface area contributed by atoms with Gasteiger partial charge in [-0.25, -0.2) is 4.79 Å². The third-order valence-corrected chi connectivity index (χ3v) is 2.36. The molecule has 0 bridgehead atoms. The molecule has 0 aliphatic carbocycles. The van der Waals surface area contributed by atoms with Gasteiger partial charge in [0.05, 0.1) is 10.2 Å². The van der Waals surface area contributed by atoms with Crippen LogP contribution in [-0.4, -0.2) is 22.6 Å². The van der Waals surface area contributed by atoms with Gasteiger partial charge < -0.3 is 15.4 Å². The van der Waals surface area contributed by atoms with Gasteiger partial charge in [0.25, 0.3) is 0 Å². The van der Waals surface area contributed by atoms with Crippen LogP contribution in [0.2, 0.25) is 0 Å². The minimum absolute atomic E-state index is 0.192. The van der Waals surface area contributed by atoms with Crippen LogP contribution >= 0.6 is 15.9 Å². The number of halogens is 1. The summed E-state index contributed by atoms with van der Waals surface area (Å²) in [6.07, 6.45) is 1.62. The summed E-state index contributed by atoms with van der Waals surface area (Å²) in [5.74, 6) is -0.486. The third kappa shape index (κ3) is 2.51. The maximum atomic E-state index is 10.8. The molecule has 1 aromatic rings. The lowest BCUT2D eigenvalue weighted by atomic mass is 10.2. The number of anilines is 1. The topological polar surface area (TPSA) is 65.1 Å². The molecule has 1 heterocycles. The van der Waals surface area contributed by atoms with E-state index in [1.54, 1.807) is 6.20 Å². The van der Waals surface area contributed by atoms with E-state index in [0.717, 1.165) is 11.0 Å². The first-order valence-electron chi connectivity index (χ1n) is 4.36. The Bertz CT molecular complexity index is 334. The van der Waals surface area contributed by atoms with Crippen LogP contribution in [0.15, 0.2) is 10.7 Å². The zero-order valence-corrected chi connectivity index (χ0v) is 9.68. The summed E-state index contributed by atoms with van der Waals surface area (Å²) in [7, 11) is 0. The van der Waals surface area contributed by atoms with E-state index in [2.05, 4.69) is 40.1 Å². The molecule has 0 fully saturated rings. The van der Waals surface area contributed by atoms with Crippen molar-refractivity contribution in [1.82, 2.24) is 4.98 Å². The van der Waals surface area contributed by atoms with Crippen molar-refractivity contribution in [2.75, 3.05) is 11.9 Å². The van der Waals surface area contributed by atoms with Gasteiger partial charge in [0.2, 0.25) is 0 Å². The number of aromatic amines is 1. The average Bonchev–Trinajstić information content (AvgIpc) is 2.43. The van der Waals surface area contributed by atoms with Crippen molar-refractivity contribution in [2.24, 2.45) is 5.92 Å². The van der Waals surface area contributed by atoms with Gasteiger partial charge in [-0.3, -0.25) is 0 Å². The second-order valence-electron chi connectivity index (χ2n) is 3.47. The quantitative estimate of drug-likeness (QED) is 0.780. The molecule has 0 aliphatic heterocycles. The Labute approximate surface area is 90.8 Å². The first-order valence-corrected chi connectivity index (χ1v) is 5.15. The van der Waals surface area contributed by atoms with E-state index >= 15 is 0 Å². The normalized spacial score (nSPS) is 10.6. The molecule has 0 spiro atoms. The molecule has 0 aliphatic rings. The summed E-state index contributed by atoms with van der Waals surface area (Å²) in [6.45, 7) is 4.87. The smallest absolute Gasteiger partial charge is 0.354 e. The average molecular weight is 261 g/mol. The number of rotatable bonds is 4. The number of carbonyl (C=O) groups is 1. The van der Waals surface area contributed by atoms with Gasteiger partial charge in [-0.1, -0.05) is 13.8 Å². The zero-order chi connectivity index (χ0) is 10.7. The number of aromatic carboxylic acids is 1. The number of carboxylic acid groups (broad SMARTS) is 1. The van der Waals surface area contributed by atoms with Crippen molar-refractivity contribution in [1.29, 1.82) is 0 Å². The Morgan fingerprint density at radius 3 is 2.86 bits per heavy atom. The Kier molecular flexibility index (Phi) is 3.57. The maximum Gasteiger partial charge on any atom is 0.354 e. The Morgan fingerprint density at radius 1 is 1.71 bits per heavy atom. The fourth-order valence-corrected chi connectivity index (χ4v) is 1.50. The van der Waals surface area contributed by atoms with Crippen LogP contribution in [0.5, 0.6) is 0 Å². The summed E-state index contributed by atoms with van der Waals surface area (Å²) >= 11 is 3.28. The number of nitrogens with one attached hydrogen (secondary N) is 2. The predicted octanol–water partition coefficient (Wildman–Crippen LogP) is 2.54. The zero-order valence-electron chi connectivity index (χ0n) is 8.10.